The summed E-state index contributed by atoms with van der Waals surface area (Å²) >= 11 is 26.5. The number of halogens is 4. The summed E-state index contributed by atoms with van der Waals surface area (Å²) in [5, 5.41) is 0. The highest BCUT2D eigenvalue weighted by atomic mass is 35.5. The van der Waals surface area contributed by atoms with Crippen LogP contribution in [0.15, 0.2) is 48.5 Å². The summed E-state index contributed by atoms with van der Waals surface area (Å²) in [6.45, 7) is 10.9. The maximum atomic E-state index is 6.67. The van der Waals surface area contributed by atoms with Crippen LogP contribution >= 0.6 is 46.4 Å². The molecule has 280 valence electrons. The summed E-state index contributed by atoms with van der Waals surface area (Å²) in [6, 6.07) is 17.5. The van der Waals surface area contributed by atoms with Crippen molar-refractivity contribution in [2.45, 2.75) is 103 Å². The number of rotatable bonds is 16. The van der Waals surface area contributed by atoms with E-state index < -0.39 is 0 Å². The molecule has 0 heterocycles. The van der Waals surface area contributed by atoms with Crippen molar-refractivity contribution in [3.8, 4) is 23.0 Å². The molecule has 8 heteroatoms. The average molecular weight is 787 g/mol. The van der Waals surface area contributed by atoms with Crippen molar-refractivity contribution < 1.29 is 18.9 Å². The highest BCUT2D eigenvalue weighted by Crippen LogP contribution is 2.41. The molecule has 5 rings (SSSR count). The Kier molecular flexibility index (Phi) is 15.6. The van der Waals surface area contributed by atoms with Crippen molar-refractivity contribution in [1.29, 1.82) is 0 Å². The maximum Gasteiger partial charge on any atom is 0.126 e. The second-order valence-electron chi connectivity index (χ2n) is 13.6. The molecular weight excluding hydrogens is 734 g/mol. The van der Waals surface area contributed by atoms with Crippen LogP contribution in [-0.2, 0) is 49.2 Å². The van der Waals surface area contributed by atoms with Gasteiger partial charge >= 0.3 is 0 Å². The number of hydrogen-bond donors (Lipinski definition) is 0. The van der Waals surface area contributed by atoms with Gasteiger partial charge in [0.1, 0.15) is 23.0 Å². The molecule has 0 atom stereocenters. The van der Waals surface area contributed by atoms with Gasteiger partial charge in [0.25, 0.3) is 0 Å². The standard InChI is InChI=1S/C44H52Cl4O4/c1-5-9-49-41-33-13-29(25-45)14-34(41)22-36-16-31(27-47)18-38(43(36)51-11-7-3)24-40-20-32(28-48)19-39(44(40)52-12-8-4)23-37-17-30(26-46)15-35(21-33)42(37)50-10-6-2/h13-20H,5-12,21-28H2,1-4H3. The van der Waals surface area contributed by atoms with Crippen LogP contribution in [0, 0.1) is 0 Å². The van der Waals surface area contributed by atoms with Crippen LogP contribution in [0.1, 0.15) is 120 Å². The third-order valence-corrected chi connectivity index (χ3v) is 10.4. The molecule has 0 radical (unpaired) electrons. The van der Waals surface area contributed by atoms with Gasteiger partial charge in [0.15, 0.2) is 0 Å². The fourth-order valence-electron chi connectivity index (χ4n) is 7.04. The van der Waals surface area contributed by atoms with Gasteiger partial charge < -0.3 is 18.9 Å². The number of alkyl halides is 4. The summed E-state index contributed by atoms with van der Waals surface area (Å²) in [5.41, 5.74) is 12.7. The molecule has 4 aromatic carbocycles. The molecule has 1 aliphatic carbocycles. The Bertz CT molecular complexity index is 1450. The molecular formula is C44H52Cl4O4. The van der Waals surface area contributed by atoms with Crippen molar-refractivity contribution in [3.05, 3.63) is 115 Å². The number of hydrogen-bond acceptors (Lipinski definition) is 4. The topological polar surface area (TPSA) is 36.9 Å². The summed E-state index contributed by atoms with van der Waals surface area (Å²) < 4.78 is 26.7. The quantitative estimate of drug-likeness (QED) is 0.0934. The van der Waals surface area contributed by atoms with Crippen molar-refractivity contribution in [3.63, 3.8) is 0 Å². The molecule has 0 N–H and O–H groups in total. The molecule has 4 aromatic rings. The van der Waals surface area contributed by atoms with Gasteiger partial charge in [-0.3, -0.25) is 0 Å². The lowest BCUT2D eigenvalue weighted by Gasteiger charge is -2.24. The van der Waals surface area contributed by atoms with Crippen molar-refractivity contribution >= 4 is 46.4 Å². The zero-order chi connectivity index (χ0) is 37.0. The molecule has 0 saturated heterocycles. The SMILES string of the molecule is CCCOc1c2cc(CCl)cc1Cc1cc(CCl)cc(c1OCCC)Cc1cc(CCl)cc(c1OCCC)Cc1cc(CCl)cc(c1OCCC)C2. The molecule has 0 spiro atoms. The van der Waals surface area contributed by atoms with Gasteiger partial charge in [0.2, 0.25) is 0 Å². The average Bonchev–Trinajstić information content (AvgIpc) is 3.15. The van der Waals surface area contributed by atoms with Crippen LogP contribution in [0.5, 0.6) is 23.0 Å². The maximum absolute atomic E-state index is 6.67. The molecule has 8 bridgehead atoms. The van der Waals surface area contributed by atoms with Gasteiger partial charge in [-0.25, -0.2) is 0 Å². The van der Waals surface area contributed by atoms with Gasteiger partial charge in [-0.1, -0.05) is 76.2 Å². The van der Waals surface area contributed by atoms with Crippen LogP contribution in [0.25, 0.3) is 0 Å². The van der Waals surface area contributed by atoms with Crippen LogP contribution in [0.3, 0.4) is 0 Å². The summed E-state index contributed by atoms with van der Waals surface area (Å²) in [7, 11) is 0. The summed E-state index contributed by atoms with van der Waals surface area (Å²) in [5.74, 6) is 5.05. The number of benzene rings is 4. The number of ether oxygens (including phenoxy) is 4. The van der Waals surface area contributed by atoms with Crippen molar-refractivity contribution in [1.82, 2.24) is 0 Å². The van der Waals surface area contributed by atoms with E-state index in [4.69, 9.17) is 65.4 Å². The fourth-order valence-corrected chi connectivity index (χ4v) is 7.66. The minimum absolute atomic E-state index is 0.379. The Balaban J connectivity index is 1.89. The first-order chi connectivity index (χ1) is 25.4. The van der Waals surface area contributed by atoms with Gasteiger partial charge in [0, 0.05) is 49.2 Å². The van der Waals surface area contributed by atoms with Crippen LogP contribution in [0.2, 0.25) is 0 Å². The second-order valence-corrected chi connectivity index (χ2v) is 14.7. The van der Waals surface area contributed by atoms with Crippen LogP contribution in [-0.4, -0.2) is 26.4 Å². The lowest BCUT2D eigenvalue weighted by atomic mass is 9.88. The minimum atomic E-state index is 0.379. The Morgan fingerprint density at radius 2 is 0.519 bits per heavy atom. The van der Waals surface area contributed by atoms with Crippen molar-refractivity contribution in [2.75, 3.05) is 26.4 Å². The highest BCUT2D eigenvalue weighted by molar-refractivity contribution is 6.17. The predicted octanol–water partition coefficient (Wildman–Crippen LogP) is 12.5. The van der Waals surface area contributed by atoms with Crippen molar-refractivity contribution in [2.24, 2.45) is 0 Å². The van der Waals surface area contributed by atoms with E-state index in [9.17, 15) is 0 Å². The first-order valence-corrected chi connectivity index (χ1v) is 20.9. The lowest BCUT2D eigenvalue weighted by Crippen LogP contribution is -2.11. The number of fused-ring (bicyclic) bond motifs is 8. The highest BCUT2D eigenvalue weighted by Gasteiger charge is 2.24. The third-order valence-electron chi connectivity index (χ3n) is 9.15. The molecule has 0 unspecified atom stereocenters. The van der Waals surface area contributed by atoms with Gasteiger partial charge in [-0.05, 0) is 92.4 Å². The lowest BCUT2D eigenvalue weighted by molar-refractivity contribution is 0.304. The Morgan fingerprint density at radius 1 is 0.346 bits per heavy atom. The van der Waals surface area contributed by atoms with Crippen LogP contribution in [0.4, 0.5) is 0 Å². The Hall–Kier alpha value is -2.76. The first-order valence-electron chi connectivity index (χ1n) is 18.7. The zero-order valence-corrected chi connectivity index (χ0v) is 34.1. The molecule has 0 fully saturated rings. The fraction of sp³-hybridized carbons (Fsp3) is 0.455. The molecule has 0 saturated carbocycles. The van der Waals surface area contributed by atoms with E-state index in [1.807, 2.05) is 0 Å². The van der Waals surface area contributed by atoms with Gasteiger partial charge in [-0.15, -0.1) is 46.4 Å². The van der Waals surface area contributed by atoms with E-state index in [0.29, 0.717) is 75.6 Å². The second kappa shape index (κ2) is 20.1. The summed E-state index contributed by atoms with van der Waals surface area (Å²) in [4.78, 5) is 0. The van der Waals surface area contributed by atoms with E-state index in [0.717, 1.165) is 115 Å². The first kappa shape index (κ1) is 40.4. The molecule has 52 heavy (non-hydrogen) atoms. The Labute approximate surface area is 331 Å². The smallest absolute Gasteiger partial charge is 0.126 e. The van der Waals surface area contributed by atoms with E-state index in [1.54, 1.807) is 0 Å². The van der Waals surface area contributed by atoms with E-state index in [-0.39, 0.29) is 0 Å². The monoisotopic (exact) mass is 784 g/mol. The molecule has 0 aromatic heterocycles. The largest absolute Gasteiger partial charge is 0.493 e. The zero-order valence-electron chi connectivity index (χ0n) is 31.1. The third kappa shape index (κ3) is 9.85. The van der Waals surface area contributed by atoms with Gasteiger partial charge in [0.05, 0.1) is 26.4 Å². The normalized spacial score (nSPS) is 12.5. The minimum Gasteiger partial charge on any atom is -0.493 e. The molecule has 0 aliphatic heterocycles. The molecule has 1 aliphatic rings. The van der Waals surface area contributed by atoms with E-state index >= 15 is 0 Å². The molecule has 0 amide bonds. The van der Waals surface area contributed by atoms with E-state index in [2.05, 4.69) is 76.2 Å². The van der Waals surface area contributed by atoms with Gasteiger partial charge in [-0.2, -0.15) is 0 Å². The molecule has 4 nitrogen and oxygen atoms in total. The predicted molar refractivity (Wildman–Crippen MR) is 218 cm³/mol. The summed E-state index contributed by atoms with van der Waals surface area (Å²) in [6.07, 6.45) is 5.89. The van der Waals surface area contributed by atoms with Crippen LogP contribution < -0.4 is 18.9 Å². The van der Waals surface area contributed by atoms with E-state index in [1.165, 1.54) is 0 Å². The Morgan fingerprint density at radius 3 is 0.654 bits per heavy atom.